The van der Waals surface area contributed by atoms with Crippen molar-refractivity contribution < 1.29 is 14.4 Å². The van der Waals surface area contributed by atoms with E-state index in [1.807, 2.05) is 30.3 Å². The SMILES string of the molecule is NC(=O)Cn1cc(/C=C2\SC(=O)N(c3ccccc3)C2=O)c2ccccc21. The minimum atomic E-state index is -0.452. The van der Waals surface area contributed by atoms with Gasteiger partial charge in [-0.2, -0.15) is 0 Å². The van der Waals surface area contributed by atoms with Gasteiger partial charge in [0.05, 0.1) is 10.6 Å². The van der Waals surface area contributed by atoms with E-state index >= 15 is 0 Å². The van der Waals surface area contributed by atoms with Gasteiger partial charge in [-0.15, -0.1) is 0 Å². The zero-order valence-electron chi connectivity index (χ0n) is 14.2. The van der Waals surface area contributed by atoms with Gasteiger partial charge in [-0.05, 0) is 36.0 Å². The number of nitrogens with two attached hydrogens (primary N) is 1. The molecule has 0 unspecified atom stereocenters. The van der Waals surface area contributed by atoms with Crippen molar-refractivity contribution in [2.75, 3.05) is 4.90 Å². The molecule has 27 heavy (non-hydrogen) atoms. The summed E-state index contributed by atoms with van der Waals surface area (Å²) in [6.07, 6.45) is 3.46. The third-order valence-electron chi connectivity index (χ3n) is 4.24. The van der Waals surface area contributed by atoms with E-state index in [0.29, 0.717) is 10.6 Å². The Morgan fingerprint density at radius 3 is 2.48 bits per heavy atom. The number of hydrogen-bond acceptors (Lipinski definition) is 4. The highest BCUT2D eigenvalue weighted by atomic mass is 32.2. The maximum Gasteiger partial charge on any atom is 0.298 e. The number of primary amides is 1. The van der Waals surface area contributed by atoms with Crippen LogP contribution in [-0.4, -0.2) is 21.6 Å². The monoisotopic (exact) mass is 377 g/mol. The Labute approximate surface area is 159 Å². The van der Waals surface area contributed by atoms with E-state index in [0.717, 1.165) is 28.2 Å². The maximum atomic E-state index is 12.8. The van der Waals surface area contributed by atoms with Crippen LogP contribution in [0.25, 0.3) is 17.0 Å². The van der Waals surface area contributed by atoms with Crippen molar-refractivity contribution in [3.8, 4) is 0 Å². The van der Waals surface area contributed by atoms with Crippen LogP contribution >= 0.6 is 11.8 Å². The molecule has 2 heterocycles. The molecule has 3 aromatic rings. The van der Waals surface area contributed by atoms with E-state index in [4.69, 9.17) is 5.73 Å². The predicted octanol–water partition coefficient (Wildman–Crippen LogP) is 3.37. The van der Waals surface area contributed by atoms with Crippen LogP contribution in [0.1, 0.15) is 5.56 Å². The lowest BCUT2D eigenvalue weighted by atomic mass is 10.1. The Balaban J connectivity index is 1.75. The van der Waals surface area contributed by atoms with Crippen molar-refractivity contribution in [3.63, 3.8) is 0 Å². The van der Waals surface area contributed by atoms with Crippen LogP contribution < -0.4 is 10.6 Å². The molecule has 0 radical (unpaired) electrons. The molecule has 1 aliphatic rings. The second kappa shape index (κ2) is 6.77. The van der Waals surface area contributed by atoms with Gasteiger partial charge < -0.3 is 10.3 Å². The third kappa shape index (κ3) is 3.13. The predicted molar refractivity (Wildman–Crippen MR) is 106 cm³/mol. The first-order chi connectivity index (χ1) is 13.0. The van der Waals surface area contributed by atoms with Crippen LogP contribution in [0.2, 0.25) is 0 Å². The van der Waals surface area contributed by atoms with Gasteiger partial charge in [-0.1, -0.05) is 36.4 Å². The van der Waals surface area contributed by atoms with Crippen molar-refractivity contribution >= 4 is 51.5 Å². The van der Waals surface area contributed by atoms with Gasteiger partial charge in [0.2, 0.25) is 5.91 Å². The number of nitrogens with zero attached hydrogens (tertiary/aromatic N) is 2. The fraction of sp³-hybridized carbons (Fsp3) is 0.0500. The van der Waals surface area contributed by atoms with Gasteiger partial charge >= 0.3 is 0 Å². The van der Waals surface area contributed by atoms with Crippen molar-refractivity contribution in [1.82, 2.24) is 4.57 Å². The Morgan fingerprint density at radius 1 is 1.04 bits per heavy atom. The lowest BCUT2D eigenvalue weighted by Gasteiger charge is -2.11. The minimum Gasteiger partial charge on any atom is -0.368 e. The molecule has 1 fully saturated rings. The number of fused-ring (bicyclic) bond motifs is 1. The summed E-state index contributed by atoms with van der Waals surface area (Å²) in [7, 11) is 0. The summed E-state index contributed by atoms with van der Waals surface area (Å²) >= 11 is 0.901. The molecule has 0 saturated carbocycles. The van der Waals surface area contributed by atoms with E-state index < -0.39 is 5.91 Å². The molecule has 0 bridgehead atoms. The molecule has 1 aromatic heterocycles. The molecule has 134 valence electrons. The summed E-state index contributed by atoms with van der Waals surface area (Å²) in [5, 5.41) is 0.545. The minimum absolute atomic E-state index is 0.0415. The number of thioether (sulfide) groups is 1. The molecular weight excluding hydrogens is 362 g/mol. The standard InChI is InChI=1S/C20H15N3O3S/c21-18(24)12-22-11-13(15-8-4-5-9-16(15)22)10-17-19(25)23(20(26)27-17)14-6-2-1-3-7-14/h1-11H,12H2,(H2,21,24)/b17-10-. The van der Waals surface area contributed by atoms with Crippen LogP contribution in [0.15, 0.2) is 65.7 Å². The molecule has 1 aliphatic heterocycles. The number of aromatic nitrogens is 1. The number of carbonyl (C=O) groups is 3. The summed E-state index contributed by atoms with van der Waals surface area (Å²) in [6.45, 7) is 0.0415. The summed E-state index contributed by atoms with van der Waals surface area (Å²) in [5.41, 5.74) is 7.46. The highest BCUT2D eigenvalue weighted by Crippen LogP contribution is 2.36. The zero-order chi connectivity index (χ0) is 19.0. The van der Waals surface area contributed by atoms with E-state index in [1.165, 1.54) is 4.90 Å². The van der Waals surface area contributed by atoms with Gasteiger partial charge in [0.25, 0.3) is 11.1 Å². The Kier molecular flexibility index (Phi) is 4.29. The van der Waals surface area contributed by atoms with Gasteiger partial charge in [0.1, 0.15) is 6.54 Å². The lowest BCUT2D eigenvalue weighted by Crippen LogP contribution is -2.27. The smallest absolute Gasteiger partial charge is 0.298 e. The fourth-order valence-corrected chi connectivity index (χ4v) is 3.93. The number of amides is 3. The molecule has 2 N–H and O–H groups in total. The lowest BCUT2D eigenvalue weighted by molar-refractivity contribution is -0.118. The number of hydrogen-bond donors (Lipinski definition) is 1. The van der Waals surface area contributed by atoms with Crippen molar-refractivity contribution in [2.24, 2.45) is 5.73 Å². The van der Waals surface area contributed by atoms with Crippen LogP contribution in [0, 0.1) is 0 Å². The quantitative estimate of drug-likeness (QED) is 0.707. The normalized spacial score (nSPS) is 15.9. The first kappa shape index (κ1) is 17.1. The first-order valence-corrected chi connectivity index (χ1v) is 9.05. The van der Waals surface area contributed by atoms with Crippen LogP contribution in [0.3, 0.4) is 0 Å². The van der Waals surface area contributed by atoms with Gasteiger partial charge in [-0.25, -0.2) is 4.90 Å². The number of imide groups is 1. The average Bonchev–Trinajstić information content (AvgIpc) is 3.13. The van der Waals surface area contributed by atoms with Crippen LogP contribution in [-0.2, 0) is 16.1 Å². The molecule has 3 amide bonds. The Hall–Kier alpha value is -3.32. The molecule has 0 aliphatic carbocycles. The number of rotatable bonds is 4. The highest BCUT2D eigenvalue weighted by Gasteiger charge is 2.36. The summed E-state index contributed by atoms with van der Waals surface area (Å²) in [5.74, 6) is -0.811. The molecule has 2 aromatic carbocycles. The van der Waals surface area contributed by atoms with Gasteiger partial charge in [-0.3, -0.25) is 14.4 Å². The average molecular weight is 377 g/mol. The molecule has 7 heteroatoms. The number of anilines is 1. The van der Waals surface area contributed by atoms with Crippen molar-refractivity contribution in [1.29, 1.82) is 0 Å². The largest absolute Gasteiger partial charge is 0.368 e. The zero-order valence-corrected chi connectivity index (χ0v) is 15.0. The van der Waals surface area contributed by atoms with Crippen molar-refractivity contribution in [2.45, 2.75) is 6.54 Å². The summed E-state index contributed by atoms with van der Waals surface area (Å²) < 4.78 is 1.74. The van der Waals surface area contributed by atoms with E-state index in [9.17, 15) is 14.4 Å². The molecular formula is C20H15N3O3S. The van der Waals surface area contributed by atoms with E-state index in [1.54, 1.807) is 41.1 Å². The first-order valence-electron chi connectivity index (χ1n) is 8.24. The number of para-hydroxylation sites is 2. The third-order valence-corrected chi connectivity index (χ3v) is 5.11. The van der Waals surface area contributed by atoms with E-state index in [2.05, 4.69) is 0 Å². The molecule has 1 saturated heterocycles. The summed E-state index contributed by atoms with van der Waals surface area (Å²) in [6, 6.07) is 16.4. The van der Waals surface area contributed by atoms with Crippen LogP contribution in [0.5, 0.6) is 0 Å². The maximum absolute atomic E-state index is 12.8. The second-order valence-electron chi connectivity index (χ2n) is 6.05. The summed E-state index contributed by atoms with van der Waals surface area (Å²) in [4.78, 5) is 38.0. The van der Waals surface area contributed by atoms with E-state index in [-0.39, 0.29) is 17.7 Å². The van der Waals surface area contributed by atoms with Crippen molar-refractivity contribution in [3.05, 3.63) is 71.3 Å². The molecule has 4 rings (SSSR count). The fourth-order valence-electron chi connectivity index (χ4n) is 3.10. The Bertz CT molecular complexity index is 1100. The van der Waals surface area contributed by atoms with Gasteiger partial charge in [0, 0.05) is 22.7 Å². The molecule has 6 nitrogen and oxygen atoms in total. The molecule has 0 atom stereocenters. The topological polar surface area (TPSA) is 85.4 Å². The second-order valence-corrected chi connectivity index (χ2v) is 7.04. The molecule has 0 spiro atoms. The number of carbonyl (C=O) groups excluding carboxylic acids is 3. The Morgan fingerprint density at radius 2 is 1.74 bits per heavy atom. The number of benzene rings is 2. The van der Waals surface area contributed by atoms with Gasteiger partial charge in [0.15, 0.2) is 0 Å². The highest BCUT2D eigenvalue weighted by molar-refractivity contribution is 8.19. The van der Waals surface area contributed by atoms with Crippen LogP contribution in [0.4, 0.5) is 10.5 Å².